The van der Waals surface area contributed by atoms with Crippen LogP contribution in [0.15, 0.2) is 58.0 Å². The van der Waals surface area contributed by atoms with Gasteiger partial charge in [0.2, 0.25) is 11.9 Å². The van der Waals surface area contributed by atoms with E-state index in [-0.39, 0.29) is 30.2 Å². The summed E-state index contributed by atoms with van der Waals surface area (Å²) in [6, 6.07) is 14.5. The van der Waals surface area contributed by atoms with Gasteiger partial charge in [-0.25, -0.2) is 4.99 Å². The van der Waals surface area contributed by atoms with Gasteiger partial charge in [-0.05, 0) is 36.8 Å². The Hall–Kier alpha value is -2.47. The fourth-order valence-electron chi connectivity index (χ4n) is 2.42. The maximum atomic E-state index is 12.3. The first kappa shape index (κ1) is 16.4. The predicted octanol–water partition coefficient (Wildman–Crippen LogP) is 3.10. The van der Waals surface area contributed by atoms with Gasteiger partial charge >= 0.3 is 0 Å². The highest BCUT2D eigenvalue weighted by Crippen LogP contribution is 2.23. The summed E-state index contributed by atoms with van der Waals surface area (Å²) in [4.78, 5) is 28.7. The Morgan fingerprint density at radius 1 is 1.17 bits per heavy atom. The van der Waals surface area contributed by atoms with E-state index in [1.807, 2.05) is 31.2 Å². The third-order valence-corrected chi connectivity index (χ3v) is 4.25. The molecule has 0 bridgehead atoms. The maximum absolute atomic E-state index is 12.3. The summed E-state index contributed by atoms with van der Waals surface area (Å²) in [5.41, 5.74) is 2.59. The number of carbonyl (C=O) groups is 2. The Bertz CT molecular complexity index is 798. The zero-order valence-corrected chi connectivity index (χ0v) is 14.6. The van der Waals surface area contributed by atoms with Gasteiger partial charge in [0.1, 0.15) is 0 Å². The van der Waals surface area contributed by atoms with Crippen LogP contribution in [0.3, 0.4) is 0 Å². The monoisotopic (exact) mass is 385 g/mol. The van der Waals surface area contributed by atoms with E-state index in [1.54, 1.807) is 24.3 Å². The van der Waals surface area contributed by atoms with Gasteiger partial charge in [0.25, 0.3) is 5.91 Å². The Labute approximate surface area is 148 Å². The zero-order chi connectivity index (χ0) is 17.1. The van der Waals surface area contributed by atoms with E-state index < -0.39 is 0 Å². The Balaban J connectivity index is 1.78. The molecular formula is C18H16BrN3O2. The van der Waals surface area contributed by atoms with E-state index in [9.17, 15) is 9.59 Å². The minimum Gasteiger partial charge on any atom is -0.296 e. The summed E-state index contributed by atoms with van der Waals surface area (Å²) in [7, 11) is 0. The van der Waals surface area contributed by atoms with E-state index in [2.05, 4.69) is 31.6 Å². The molecular weight excluding hydrogens is 370 g/mol. The second kappa shape index (κ2) is 6.97. The molecule has 1 aliphatic rings. The van der Waals surface area contributed by atoms with Crippen molar-refractivity contribution in [3.63, 3.8) is 0 Å². The molecule has 0 unspecified atom stereocenters. The lowest BCUT2D eigenvalue weighted by Gasteiger charge is -2.21. The van der Waals surface area contributed by atoms with E-state index in [1.165, 1.54) is 0 Å². The van der Waals surface area contributed by atoms with Gasteiger partial charge in [-0.3, -0.25) is 20.2 Å². The number of amides is 2. The molecule has 6 heteroatoms. The van der Waals surface area contributed by atoms with Crippen molar-refractivity contribution in [1.82, 2.24) is 10.6 Å². The van der Waals surface area contributed by atoms with Crippen LogP contribution in [0.25, 0.3) is 0 Å². The number of benzene rings is 2. The van der Waals surface area contributed by atoms with Gasteiger partial charge < -0.3 is 0 Å². The number of nitrogens with zero attached hydrogens (tertiary/aromatic N) is 1. The zero-order valence-electron chi connectivity index (χ0n) is 13.0. The van der Waals surface area contributed by atoms with Crippen molar-refractivity contribution in [3.05, 3.63) is 69.7 Å². The van der Waals surface area contributed by atoms with Crippen LogP contribution in [0.5, 0.6) is 0 Å². The van der Waals surface area contributed by atoms with Gasteiger partial charge in [-0.1, -0.05) is 45.8 Å². The minimum absolute atomic E-state index is 0.165. The number of aliphatic imine (C=N–C) groups is 1. The lowest BCUT2D eigenvalue weighted by Crippen LogP contribution is -2.47. The quantitative estimate of drug-likeness (QED) is 0.833. The molecule has 1 aliphatic heterocycles. The van der Waals surface area contributed by atoms with Crippen molar-refractivity contribution in [2.75, 3.05) is 0 Å². The summed E-state index contributed by atoms with van der Waals surface area (Å²) >= 11 is 3.33. The second-order valence-corrected chi connectivity index (χ2v) is 6.53. The van der Waals surface area contributed by atoms with Crippen LogP contribution in [0.4, 0.5) is 0 Å². The van der Waals surface area contributed by atoms with Gasteiger partial charge in [0.05, 0.1) is 12.5 Å². The third-order valence-electron chi connectivity index (χ3n) is 3.72. The molecule has 2 aromatic rings. The number of guanidine groups is 1. The van der Waals surface area contributed by atoms with Crippen molar-refractivity contribution in [1.29, 1.82) is 0 Å². The summed E-state index contributed by atoms with van der Waals surface area (Å²) < 4.78 is 0.891. The molecule has 122 valence electrons. The molecule has 0 spiro atoms. The minimum atomic E-state index is -0.314. The number of hydrogen-bond acceptors (Lipinski definition) is 3. The highest BCUT2D eigenvalue weighted by molar-refractivity contribution is 9.10. The van der Waals surface area contributed by atoms with Crippen LogP contribution < -0.4 is 10.6 Å². The summed E-state index contributed by atoms with van der Waals surface area (Å²) in [5.74, 6) is -0.294. The average molecular weight is 386 g/mol. The summed E-state index contributed by atoms with van der Waals surface area (Å²) in [6.07, 6.45) is 0.265. The number of halogens is 1. The molecule has 3 rings (SSSR count). The van der Waals surface area contributed by atoms with Gasteiger partial charge in [-0.15, -0.1) is 0 Å². The van der Waals surface area contributed by atoms with Crippen LogP contribution in [0.2, 0.25) is 0 Å². The van der Waals surface area contributed by atoms with Gasteiger partial charge in [0, 0.05) is 10.0 Å². The maximum Gasteiger partial charge on any atom is 0.257 e. The normalized spacial score (nSPS) is 17.0. The molecule has 0 radical (unpaired) electrons. The molecule has 1 heterocycles. The van der Waals surface area contributed by atoms with E-state index >= 15 is 0 Å². The fraction of sp³-hybridized carbons (Fsp3) is 0.167. The van der Waals surface area contributed by atoms with Crippen LogP contribution in [0, 0.1) is 6.92 Å². The number of carbonyl (C=O) groups excluding carboxylic acids is 2. The molecule has 2 aromatic carbocycles. The molecule has 24 heavy (non-hydrogen) atoms. The third kappa shape index (κ3) is 3.89. The van der Waals surface area contributed by atoms with Crippen molar-refractivity contribution in [3.8, 4) is 0 Å². The van der Waals surface area contributed by atoms with Crippen molar-refractivity contribution >= 4 is 33.7 Å². The molecule has 0 aromatic heterocycles. The van der Waals surface area contributed by atoms with E-state index in [4.69, 9.17) is 0 Å². The van der Waals surface area contributed by atoms with Crippen molar-refractivity contribution in [2.24, 2.45) is 4.99 Å². The molecule has 0 aliphatic carbocycles. The lowest BCUT2D eigenvalue weighted by atomic mass is 10.0. The standard InChI is InChI=1S/C18H16BrN3O2/c1-11-2-4-12(5-3-11)15-10-16(23)21-18(20-15)22-17(24)13-6-8-14(19)9-7-13/h2-9,15H,10H2,1H3,(H2,20,21,22,23,24)/t15-/m0/s1. The van der Waals surface area contributed by atoms with Crippen molar-refractivity contribution in [2.45, 2.75) is 19.4 Å². The van der Waals surface area contributed by atoms with Crippen LogP contribution in [0.1, 0.15) is 33.9 Å². The van der Waals surface area contributed by atoms with E-state index in [0.29, 0.717) is 5.56 Å². The SMILES string of the molecule is Cc1ccc([C@@H]2CC(=O)NC(NC(=O)c3ccc(Br)cc3)=N2)cc1. The second-order valence-electron chi connectivity index (χ2n) is 5.62. The first-order valence-electron chi connectivity index (χ1n) is 7.52. The molecule has 0 saturated carbocycles. The Kier molecular flexibility index (Phi) is 4.76. The number of nitrogens with one attached hydrogen (secondary N) is 2. The summed E-state index contributed by atoms with van der Waals surface area (Å²) in [6.45, 7) is 2.00. The van der Waals surface area contributed by atoms with Crippen LogP contribution in [-0.2, 0) is 4.79 Å². The topological polar surface area (TPSA) is 70.6 Å². The molecule has 2 amide bonds. The van der Waals surface area contributed by atoms with Gasteiger partial charge in [0.15, 0.2) is 0 Å². The first-order valence-corrected chi connectivity index (χ1v) is 8.32. The van der Waals surface area contributed by atoms with E-state index in [0.717, 1.165) is 15.6 Å². The van der Waals surface area contributed by atoms with Crippen LogP contribution >= 0.6 is 15.9 Å². The van der Waals surface area contributed by atoms with Crippen LogP contribution in [-0.4, -0.2) is 17.8 Å². The number of rotatable bonds is 2. The Morgan fingerprint density at radius 3 is 2.50 bits per heavy atom. The molecule has 0 saturated heterocycles. The largest absolute Gasteiger partial charge is 0.296 e. The number of aryl methyl sites for hydroxylation is 1. The molecule has 1 atom stereocenters. The Morgan fingerprint density at radius 2 is 1.83 bits per heavy atom. The smallest absolute Gasteiger partial charge is 0.257 e. The lowest BCUT2D eigenvalue weighted by molar-refractivity contribution is -0.120. The molecule has 5 nitrogen and oxygen atoms in total. The predicted molar refractivity (Wildman–Crippen MR) is 95.7 cm³/mol. The number of hydrogen-bond donors (Lipinski definition) is 2. The van der Waals surface area contributed by atoms with Crippen molar-refractivity contribution < 1.29 is 9.59 Å². The first-order chi connectivity index (χ1) is 11.5. The molecule has 2 N–H and O–H groups in total. The summed E-state index contributed by atoms with van der Waals surface area (Å²) in [5, 5.41) is 5.27. The highest BCUT2D eigenvalue weighted by atomic mass is 79.9. The highest BCUT2D eigenvalue weighted by Gasteiger charge is 2.23. The average Bonchev–Trinajstić information content (AvgIpc) is 2.55. The molecule has 0 fully saturated rings. The fourth-order valence-corrected chi connectivity index (χ4v) is 2.68. The van der Waals surface area contributed by atoms with Gasteiger partial charge in [-0.2, -0.15) is 0 Å².